The summed E-state index contributed by atoms with van der Waals surface area (Å²) in [5.74, 6) is -1.13. The van der Waals surface area contributed by atoms with E-state index < -0.39 is 34.2 Å². The zero-order valence-electron chi connectivity index (χ0n) is 17.3. The van der Waals surface area contributed by atoms with Crippen LogP contribution in [0.25, 0.3) is 0 Å². The lowest BCUT2D eigenvalue weighted by atomic mass is 9.80. The molecule has 0 spiro atoms. The number of benzene rings is 1. The van der Waals surface area contributed by atoms with Crippen molar-refractivity contribution in [3.63, 3.8) is 0 Å². The third-order valence-corrected chi connectivity index (χ3v) is 8.43. The Bertz CT molecular complexity index is 1010. The molecule has 0 radical (unpaired) electrons. The maximum absolute atomic E-state index is 13.8. The minimum absolute atomic E-state index is 0.0458. The zero-order valence-corrected chi connectivity index (χ0v) is 18.1. The van der Waals surface area contributed by atoms with Crippen molar-refractivity contribution in [2.24, 2.45) is 5.92 Å². The Morgan fingerprint density at radius 2 is 1.84 bits per heavy atom. The summed E-state index contributed by atoms with van der Waals surface area (Å²) < 4.78 is 41.2. The van der Waals surface area contributed by atoms with Crippen molar-refractivity contribution in [1.29, 1.82) is 0 Å². The van der Waals surface area contributed by atoms with Crippen molar-refractivity contribution in [3.8, 4) is 0 Å². The van der Waals surface area contributed by atoms with Crippen LogP contribution in [-0.2, 0) is 14.8 Å². The Labute approximate surface area is 180 Å². The molecular formula is C21H26FN3O5S. The van der Waals surface area contributed by atoms with Gasteiger partial charge >= 0.3 is 6.03 Å². The third kappa shape index (κ3) is 4.10. The maximum Gasteiger partial charge on any atom is 0.324 e. The predicted octanol–water partition coefficient (Wildman–Crippen LogP) is 2.10. The number of nitrogens with one attached hydrogen (secondary N) is 1. The fourth-order valence-electron chi connectivity index (χ4n) is 4.78. The van der Waals surface area contributed by atoms with Gasteiger partial charge in [0.25, 0.3) is 0 Å². The van der Waals surface area contributed by atoms with E-state index in [0.29, 0.717) is 31.2 Å². The van der Waals surface area contributed by atoms with Crippen LogP contribution in [0.4, 0.5) is 9.18 Å². The average Bonchev–Trinajstić information content (AvgIpc) is 2.75. The Balaban J connectivity index is 1.46. The molecule has 10 heteroatoms. The van der Waals surface area contributed by atoms with Gasteiger partial charge in [0.15, 0.2) is 5.78 Å². The number of imide groups is 1. The van der Waals surface area contributed by atoms with E-state index >= 15 is 0 Å². The highest BCUT2D eigenvalue weighted by Gasteiger charge is 2.47. The number of nitrogens with zero attached hydrogens (tertiary/aromatic N) is 2. The second kappa shape index (κ2) is 8.31. The molecule has 3 amide bonds. The fraction of sp³-hybridized carbons (Fsp3) is 0.571. The van der Waals surface area contributed by atoms with Crippen LogP contribution in [0, 0.1) is 5.92 Å². The quantitative estimate of drug-likeness (QED) is 0.706. The Morgan fingerprint density at radius 3 is 2.52 bits per heavy atom. The van der Waals surface area contributed by atoms with Crippen LogP contribution >= 0.6 is 0 Å². The number of piperidine rings is 1. The molecule has 0 aromatic heterocycles. The summed E-state index contributed by atoms with van der Waals surface area (Å²) in [6.07, 6.45) is 0.477. The fourth-order valence-corrected chi connectivity index (χ4v) is 6.30. The summed E-state index contributed by atoms with van der Waals surface area (Å²) in [7, 11) is -3.80. The van der Waals surface area contributed by atoms with Crippen LogP contribution in [0.5, 0.6) is 0 Å². The van der Waals surface area contributed by atoms with Gasteiger partial charge in [-0.25, -0.2) is 17.6 Å². The van der Waals surface area contributed by atoms with E-state index in [9.17, 15) is 27.2 Å². The highest BCUT2D eigenvalue weighted by atomic mass is 32.2. The van der Waals surface area contributed by atoms with Gasteiger partial charge in [-0.3, -0.25) is 14.5 Å². The number of fused-ring (bicyclic) bond motifs is 1. The van der Waals surface area contributed by atoms with E-state index in [1.54, 1.807) is 6.07 Å². The van der Waals surface area contributed by atoms with Crippen LogP contribution < -0.4 is 5.32 Å². The van der Waals surface area contributed by atoms with Gasteiger partial charge in [-0.15, -0.1) is 0 Å². The van der Waals surface area contributed by atoms with Gasteiger partial charge in [-0.2, -0.15) is 4.31 Å². The highest BCUT2D eigenvalue weighted by Crippen LogP contribution is 2.33. The summed E-state index contributed by atoms with van der Waals surface area (Å²) in [6.45, 7) is 1.67. The Morgan fingerprint density at radius 1 is 1.13 bits per heavy atom. The molecule has 1 N–H and O–H groups in total. The second-order valence-corrected chi connectivity index (χ2v) is 10.4. The van der Waals surface area contributed by atoms with Crippen molar-refractivity contribution in [2.45, 2.75) is 62.2 Å². The van der Waals surface area contributed by atoms with E-state index in [-0.39, 0.29) is 42.1 Å². The first-order chi connectivity index (χ1) is 14.7. The number of sulfonamides is 1. The maximum atomic E-state index is 13.8. The van der Waals surface area contributed by atoms with Gasteiger partial charge < -0.3 is 5.32 Å². The van der Waals surface area contributed by atoms with Gasteiger partial charge in [-0.05, 0) is 51.2 Å². The summed E-state index contributed by atoms with van der Waals surface area (Å²) in [5, 5.41) is 2.84. The van der Waals surface area contributed by atoms with E-state index in [0.717, 1.165) is 0 Å². The molecular weight excluding hydrogens is 425 g/mol. The number of rotatable bonds is 4. The number of carbonyl (C=O) groups excluding carboxylic acids is 3. The van der Waals surface area contributed by atoms with Gasteiger partial charge in [0.1, 0.15) is 6.17 Å². The smallest absolute Gasteiger partial charge is 0.324 e. The zero-order chi connectivity index (χ0) is 22.3. The number of Topliss-reactive ketones (excluding diaryl/α,β-unsaturated/α-hetero) is 1. The minimum Gasteiger partial charge on any atom is -0.334 e. The molecule has 3 unspecified atom stereocenters. The lowest BCUT2D eigenvalue weighted by Gasteiger charge is -2.45. The molecule has 4 rings (SSSR count). The number of carbonyl (C=O) groups is 3. The molecule has 0 bridgehead atoms. The van der Waals surface area contributed by atoms with Crippen molar-refractivity contribution < 1.29 is 27.2 Å². The molecule has 3 fully saturated rings. The van der Waals surface area contributed by atoms with Crippen LogP contribution in [0.15, 0.2) is 29.2 Å². The first-order valence-electron chi connectivity index (χ1n) is 10.6. The number of hydrogen-bond acceptors (Lipinski definition) is 5. The van der Waals surface area contributed by atoms with E-state index in [4.69, 9.17) is 0 Å². The average molecular weight is 452 g/mol. The van der Waals surface area contributed by atoms with Gasteiger partial charge in [0.05, 0.1) is 10.8 Å². The molecule has 1 saturated carbocycles. The van der Waals surface area contributed by atoms with Crippen LogP contribution in [-0.4, -0.2) is 66.7 Å². The molecule has 3 atom stereocenters. The SMILES string of the molecule is CC(=O)c1cccc(S(=O)(=O)N2CCC(N3C(=O)NC4CCC(F)CC4C3=O)CC2)c1. The standard InChI is InChI=1S/C21H26FN3O5S/c1-13(26)14-3-2-4-17(11-14)31(29,30)24-9-7-16(8-10-24)25-20(27)18-12-15(22)5-6-19(18)23-21(25)28/h2-4,11,15-16,18-19H,5-10,12H2,1H3,(H,23,28). The lowest BCUT2D eigenvalue weighted by molar-refractivity contribution is -0.140. The van der Waals surface area contributed by atoms with Gasteiger partial charge in [0.2, 0.25) is 15.9 Å². The number of urea groups is 1. The van der Waals surface area contributed by atoms with Gasteiger partial charge in [0, 0.05) is 30.7 Å². The molecule has 1 aliphatic carbocycles. The summed E-state index contributed by atoms with van der Waals surface area (Å²) >= 11 is 0. The number of alkyl halides is 1. The summed E-state index contributed by atoms with van der Waals surface area (Å²) in [5.41, 5.74) is 0.319. The largest absolute Gasteiger partial charge is 0.334 e. The molecule has 2 heterocycles. The highest BCUT2D eigenvalue weighted by molar-refractivity contribution is 7.89. The molecule has 2 aliphatic heterocycles. The third-order valence-electron chi connectivity index (χ3n) is 6.54. The molecule has 2 saturated heterocycles. The Kier molecular flexibility index (Phi) is 5.87. The van der Waals surface area contributed by atoms with Crippen molar-refractivity contribution in [2.75, 3.05) is 13.1 Å². The minimum atomic E-state index is -3.80. The first-order valence-corrected chi connectivity index (χ1v) is 12.0. The summed E-state index contributed by atoms with van der Waals surface area (Å²) in [6, 6.07) is 4.69. The van der Waals surface area contributed by atoms with Gasteiger partial charge in [-0.1, -0.05) is 12.1 Å². The number of amides is 3. The number of hydrogen-bond donors (Lipinski definition) is 1. The Hall–Kier alpha value is -2.33. The molecule has 3 aliphatic rings. The molecule has 1 aromatic carbocycles. The monoisotopic (exact) mass is 451 g/mol. The molecule has 1 aromatic rings. The predicted molar refractivity (Wildman–Crippen MR) is 110 cm³/mol. The van der Waals surface area contributed by atoms with E-state index in [1.165, 1.54) is 34.3 Å². The lowest BCUT2D eigenvalue weighted by Crippen LogP contribution is -2.65. The van der Waals surface area contributed by atoms with Crippen molar-refractivity contribution in [3.05, 3.63) is 29.8 Å². The molecule has 31 heavy (non-hydrogen) atoms. The second-order valence-electron chi connectivity index (χ2n) is 8.50. The van der Waals surface area contributed by atoms with E-state index in [1.807, 2.05) is 0 Å². The topological polar surface area (TPSA) is 104 Å². The molecule has 8 nitrogen and oxygen atoms in total. The van der Waals surface area contributed by atoms with Crippen LogP contribution in [0.3, 0.4) is 0 Å². The normalized spacial score (nSPS) is 28.2. The number of ketones is 1. The number of halogens is 1. The van der Waals surface area contributed by atoms with Crippen LogP contribution in [0.2, 0.25) is 0 Å². The first kappa shape index (κ1) is 21.9. The van der Waals surface area contributed by atoms with Crippen molar-refractivity contribution >= 4 is 27.7 Å². The summed E-state index contributed by atoms with van der Waals surface area (Å²) in [4.78, 5) is 38.3. The van der Waals surface area contributed by atoms with Crippen LogP contribution in [0.1, 0.15) is 49.4 Å². The van der Waals surface area contributed by atoms with E-state index in [2.05, 4.69) is 5.32 Å². The molecule has 168 valence electrons. The van der Waals surface area contributed by atoms with Crippen molar-refractivity contribution in [1.82, 2.24) is 14.5 Å².